The highest BCUT2D eigenvalue weighted by molar-refractivity contribution is 5.71. The number of esters is 3. The SMILES string of the molecule is CCCCC/C=C\CCCCCCCC(=O)OCC(COC(=O)CCCCCCCCCCCCCCCCCCCCCCCCC)OC(=O)CCCCCCCCCCC/C=C\CCCCCCCCCC. The number of carbonyl (C=O) groups excluding carboxylic acids is 3. The number of carbonyl (C=O) groups is 3. The molecule has 0 saturated carbocycles. The van der Waals surface area contributed by atoms with E-state index in [0.29, 0.717) is 19.3 Å². The number of rotatable bonds is 62. The molecule has 0 heterocycles. The Kier molecular flexibility index (Phi) is 61.6. The van der Waals surface area contributed by atoms with Crippen LogP contribution in [0, 0.1) is 0 Å². The molecule has 0 aromatic carbocycles. The zero-order valence-electron chi connectivity index (χ0n) is 50.1. The number of ether oxygens (including phenoxy) is 3. The van der Waals surface area contributed by atoms with Crippen LogP contribution in [0.2, 0.25) is 0 Å². The third-order valence-corrected chi connectivity index (χ3v) is 15.2. The summed E-state index contributed by atoms with van der Waals surface area (Å²) in [5, 5.41) is 0. The molecule has 0 rings (SSSR count). The largest absolute Gasteiger partial charge is 0.462 e. The van der Waals surface area contributed by atoms with Crippen molar-refractivity contribution in [3.05, 3.63) is 24.3 Å². The molecule has 74 heavy (non-hydrogen) atoms. The van der Waals surface area contributed by atoms with Crippen molar-refractivity contribution in [2.75, 3.05) is 13.2 Å². The van der Waals surface area contributed by atoms with Gasteiger partial charge in [0.05, 0.1) is 0 Å². The molecule has 0 aliphatic rings. The van der Waals surface area contributed by atoms with E-state index in [0.717, 1.165) is 64.2 Å². The lowest BCUT2D eigenvalue weighted by Crippen LogP contribution is -2.30. The Morgan fingerprint density at radius 2 is 0.446 bits per heavy atom. The molecule has 0 N–H and O–H groups in total. The molecule has 436 valence electrons. The Morgan fingerprint density at radius 3 is 0.703 bits per heavy atom. The summed E-state index contributed by atoms with van der Waals surface area (Å²) in [5.74, 6) is -0.854. The summed E-state index contributed by atoms with van der Waals surface area (Å²) in [6.45, 7) is 6.68. The van der Waals surface area contributed by atoms with E-state index in [-0.39, 0.29) is 31.1 Å². The monoisotopic (exact) mass is 1040 g/mol. The Balaban J connectivity index is 4.23. The van der Waals surface area contributed by atoms with E-state index < -0.39 is 6.10 Å². The van der Waals surface area contributed by atoms with Crippen LogP contribution in [0.4, 0.5) is 0 Å². The summed E-state index contributed by atoms with van der Waals surface area (Å²) in [6.07, 6.45) is 76.3. The standard InChI is InChI=1S/C68H128O6/c1-4-7-10-13-16-19-22-25-27-29-31-33-34-36-37-39-41-43-46-49-52-55-58-61-67(70)73-64-65(63-72-66(69)60-57-54-51-48-45-24-21-18-15-12-9-6-3)74-68(71)62-59-56-53-50-47-44-42-40-38-35-32-30-28-26-23-20-17-14-11-8-5-2/h18,21,30,32,65H,4-17,19-20,22-29,31,33-64H2,1-3H3/b21-18-,32-30-. The normalized spacial score (nSPS) is 12.1. The molecule has 0 aromatic heterocycles. The summed E-state index contributed by atoms with van der Waals surface area (Å²) in [4.78, 5) is 38.3. The molecule has 0 aliphatic carbocycles. The molecule has 0 bridgehead atoms. The second-order valence-electron chi connectivity index (χ2n) is 22.7. The van der Waals surface area contributed by atoms with Crippen LogP contribution < -0.4 is 0 Å². The van der Waals surface area contributed by atoms with Crippen molar-refractivity contribution in [2.24, 2.45) is 0 Å². The molecule has 0 saturated heterocycles. The fraction of sp³-hybridized carbons (Fsp3) is 0.897. The lowest BCUT2D eigenvalue weighted by atomic mass is 10.0. The number of unbranched alkanes of at least 4 members (excludes halogenated alkanes) is 47. The molecule has 0 fully saturated rings. The maximum absolute atomic E-state index is 12.9. The van der Waals surface area contributed by atoms with E-state index >= 15 is 0 Å². The molecule has 0 aromatic rings. The first-order chi connectivity index (χ1) is 36.5. The lowest BCUT2D eigenvalue weighted by molar-refractivity contribution is -0.167. The molecule has 1 unspecified atom stereocenters. The van der Waals surface area contributed by atoms with Crippen LogP contribution in [-0.4, -0.2) is 37.2 Å². The van der Waals surface area contributed by atoms with Gasteiger partial charge in [0.25, 0.3) is 0 Å². The summed E-state index contributed by atoms with van der Waals surface area (Å²) in [6, 6.07) is 0. The Bertz CT molecular complexity index is 1190. The van der Waals surface area contributed by atoms with Gasteiger partial charge in [0.1, 0.15) is 13.2 Å². The van der Waals surface area contributed by atoms with Crippen molar-refractivity contribution < 1.29 is 28.6 Å². The summed E-state index contributed by atoms with van der Waals surface area (Å²) < 4.78 is 16.9. The molecule has 0 amide bonds. The first-order valence-corrected chi connectivity index (χ1v) is 33.3. The van der Waals surface area contributed by atoms with Crippen LogP contribution in [0.3, 0.4) is 0 Å². The van der Waals surface area contributed by atoms with Gasteiger partial charge in [-0.25, -0.2) is 0 Å². The van der Waals surface area contributed by atoms with Crippen LogP contribution in [-0.2, 0) is 28.6 Å². The van der Waals surface area contributed by atoms with Crippen molar-refractivity contribution >= 4 is 17.9 Å². The van der Waals surface area contributed by atoms with Gasteiger partial charge in [0.2, 0.25) is 0 Å². The van der Waals surface area contributed by atoms with Crippen LogP contribution >= 0.6 is 0 Å². The number of hydrogen-bond donors (Lipinski definition) is 0. The zero-order chi connectivity index (χ0) is 53.6. The second-order valence-corrected chi connectivity index (χ2v) is 22.7. The van der Waals surface area contributed by atoms with Crippen LogP contribution in [0.1, 0.15) is 374 Å². The van der Waals surface area contributed by atoms with Gasteiger partial charge in [0, 0.05) is 19.3 Å². The topological polar surface area (TPSA) is 78.9 Å². The first kappa shape index (κ1) is 71.9. The highest BCUT2D eigenvalue weighted by atomic mass is 16.6. The summed E-state index contributed by atoms with van der Waals surface area (Å²) in [7, 11) is 0. The predicted octanol–water partition coefficient (Wildman–Crippen LogP) is 22.6. The fourth-order valence-electron chi connectivity index (χ4n) is 10.1. The fourth-order valence-corrected chi connectivity index (χ4v) is 10.1. The predicted molar refractivity (Wildman–Crippen MR) is 321 cm³/mol. The Labute approximate surface area is 462 Å². The molecule has 6 nitrogen and oxygen atoms in total. The van der Waals surface area contributed by atoms with E-state index in [4.69, 9.17) is 14.2 Å². The van der Waals surface area contributed by atoms with E-state index in [1.54, 1.807) is 0 Å². The summed E-state index contributed by atoms with van der Waals surface area (Å²) in [5.41, 5.74) is 0. The Hall–Kier alpha value is -2.11. The van der Waals surface area contributed by atoms with E-state index in [1.807, 2.05) is 0 Å². The summed E-state index contributed by atoms with van der Waals surface area (Å²) >= 11 is 0. The van der Waals surface area contributed by atoms with Gasteiger partial charge in [0.15, 0.2) is 6.10 Å². The van der Waals surface area contributed by atoms with Crippen LogP contribution in [0.15, 0.2) is 24.3 Å². The van der Waals surface area contributed by atoms with Gasteiger partial charge >= 0.3 is 17.9 Å². The van der Waals surface area contributed by atoms with Crippen molar-refractivity contribution in [3.63, 3.8) is 0 Å². The van der Waals surface area contributed by atoms with Gasteiger partial charge in [-0.05, 0) is 70.6 Å². The molecule has 0 radical (unpaired) electrons. The Morgan fingerprint density at radius 1 is 0.257 bits per heavy atom. The average molecular weight is 1040 g/mol. The number of allylic oxidation sites excluding steroid dienone is 4. The minimum Gasteiger partial charge on any atom is -0.462 e. The highest BCUT2D eigenvalue weighted by Crippen LogP contribution is 2.18. The van der Waals surface area contributed by atoms with Crippen molar-refractivity contribution in [2.45, 2.75) is 380 Å². The van der Waals surface area contributed by atoms with Gasteiger partial charge in [-0.15, -0.1) is 0 Å². The third-order valence-electron chi connectivity index (χ3n) is 15.2. The average Bonchev–Trinajstić information content (AvgIpc) is 3.40. The van der Waals surface area contributed by atoms with Crippen LogP contribution in [0.5, 0.6) is 0 Å². The van der Waals surface area contributed by atoms with Gasteiger partial charge < -0.3 is 14.2 Å². The lowest BCUT2D eigenvalue weighted by Gasteiger charge is -2.18. The highest BCUT2D eigenvalue weighted by Gasteiger charge is 2.19. The molecular weight excluding hydrogens is 913 g/mol. The minimum absolute atomic E-state index is 0.0696. The minimum atomic E-state index is -0.773. The van der Waals surface area contributed by atoms with Crippen molar-refractivity contribution in [3.8, 4) is 0 Å². The molecular formula is C68H128O6. The van der Waals surface area contributed by atoms with E-state index in [1.165, 1.54) is 270 Å². The molecule has 1 atom stereocenters. The molecule has 6 heteroatoms. The second kappa shape index (κ2) is 63.4. The van der Waals surface area contributed by atoms with Gasteiger partial charge in [-0.1, -0.05) is 308 Å². The third kappa shape index (κ3) is 60.8. The zero-order valence-corrected chi connectivity index (χ0v) is 50.1. The number of hydrogen-bond acceptors (Lipinski definition) is 6. The molecule has 0 spiro atoms. The van der Waals surface area contributed by atoms with Gasteiger partial charge in [-0.2, -0.15) is 0 Å². The maximum Gasteiger partial charge on any atom is 0.306 e. The van der Waals surface area contributed by atoms with Crippen molar-refractivity contribution in [1.29, 1.82) is 0 Å². The maximum atomic E-state index is 12.9. The van der Waals surface area contributed by atoms with Crippen LogP contribution in [0.25, 0.3) is 0 Å². The first-order valence-electron chi connectivity index (χ1n) is 33.3. The molecule has 0 aliphatic heterocycles. The smallest absolute Gasteiger partial charge is 0.306 e. The quantitative estimate of drug-likeness (QED) is 0.0261. The van der Waals surface area contributed by atoms with E-state index in [9.17, 15) is 14.4 Å². The van der Waals surface area contributed by atoms with Crippen molar-refractivity contribution in [1.82, 2.24) is 0 Å². The van der Waals surface area contributed by atoms with E-state index in [2.05, 4.69) is 45.1 Å². The van der Waals surface area contributed by atoms with Gasteiger partial charge in [-0.3, -0.25) is 14.4 Å².